The van der Waals surface area contributed by atoms with Crippen LogP contribution < -0.4 is 10.6 Å². The van der Waals surface area contributed by atoms with Crippen molar-refractivity contribution in [3.63, 3.8) is 0 Å². The fourth-order valence-electron chi connectivity index (χ4n) is 2.23. The van der Waals surface area contributed by atoms with Gasteiger partial charge in [0.05, 0.1) is 12.2 Å². The number of carbonyl (C=O) groups is 2. The van der Waals surface area contributed by atoms with E-state index in [1.54, 1.807) is 36.3 Å². The normalized spacial score (nSPS) is 11.8. The van der Waals surface area contributed by atoms with Gasteiger partial charge in [0.2, 0.25) is 0 Å². The summed E-state index contributed by atoms with van der Waals surface area (Å²) in [7, 11) is 1.76. The van der Waals surface area contributed by atoms with Crippen molar-refractivity contribution < 1.29 is 19.1 Å². The predicted octanol–water partition coefficient (Wildman–Crippen LogP) is 1.81. The lowest BCUT2D eigenvalue weighted by atomic mass is 10.0. The van der Waals surface area contributed by atoms with Crippen LogP contribution in [0.15, 0.2) is 36.7 Å². The van der Waals surface area contributed by atoms with Gasteiger partial charge in [0.15, 0.2) is 0 Å². The molecular formula is C16H19FN4O3. The zero-order valence-corrected chi connectivity index (χ0v) is 13.2. The summed E-state index contributed by atoms with van der Waals surface area (Å²) in [4.78, 5) is 22.5. The minimum absolute atomic E-state index is 0.00965. The summed E-state index contributed by atoms with van der Waals surface area (Å²) in [5, 5.41) is 18.1. The Bertz CT molecular complexity index is 700. The first kappa shape index (κ1) is 17.5. The molecule has 2 rings (SSSR count). The lowest BCUT2D eigenvalue weighted by molar-refractivity contribution is -0.137. The third-order valence-electron chi connectivity index (χ3n) is 3.39. The number of aliphatic carboxylic acids is 1. The molecule has 3 N–H and O–H groups in total. The zero-order valence-electron chi connectivity index (χ0n) is 13.2. The molecule has 1 aromatic heterocycles. The number of urea groups is 1. The second-order valence-corrected chi connectivity index (χ2v) is 5.33. The molecule has 0 bridgehead atoms. The van der Waals surface area contributed by atoms with Crippen molar-refractivity contribution in [3.8, 4) is 0 Å². The summed E-state index contributed by atoms with van der Waals surface area (Å²) >= 11 is 0. The minimum Gasteiger partial charge on any atom is -0.481 e. The van der Waals surface area contributed by atoms with E-state index in [1.807, 2.05) is 0 Å². The van der Waals surface area contributed by atoms with E-state index in [1.165, 1.54) is 12.1 Å². The van der Waals surface area contributed by atoms with E-state index in [0.717, 1.165) is 5.56 Å². The number of carboxylic acids is 1. The molecule has 1 atom stereocenters. The fraction of sp³-hybridized carbons (Fsp3) is 0.312. The highest BCUT2D eigenvalue weighted by molar-refractivity contribution is 5.75. The Hall–Kier alpha value is -2.90. The first-order chi connectivity index (χ1) is 11.5. The zero-order chi connectivity index (χ0) is 17.5. The molecule has 0 fully saturated rings. The van der Waals surface area contributed by atoms with Crippen molar-refractivity contribution in [2.75, 3.05) is 6.54 Å². The van der Waals surface area contributed by atoms with Gasteiger partial charge in [-0.15, -0.1) is 0 Å². The average Bonchev–Trinajstić information content (AvgIpc) is 2.96. The minimum atomic E-state index is -0.906. The molecule has 24 heavy (non-hydrogen) atoms. The van der Waals surface area contributed by atoms with E-state index < -0.39 is 18.0 Å². The summed E-state index contributed by atoms with van der Waals surface area (Å²) in [6.07, 6.45) is 3.72. The maximum atomic E-state index is 13.1. The number of halogens is 1. The van der Waals surface area contributed by atoms with Crippen LogP contribution in [0.4, 0.5) is 9.18 Å². The number of hydrogen-bond donors (Lipinski definition) is 3. The van der Waals surface area contributed by atoms with Gasteiger partial charge in [-0.2, -0.15) is 5.10 Å². The number of hydrogen-bond acceptors (Lipinski definition) is 3. The van der Waals surface area contributed by atoms with Crippen LogP contribution in [-0.4, -0.2) is 33.4 Å². The van der Waals surface area contributed by atoms with Gasteiger partial charge in [-0.05, 0) is 24.1 Å². The number of amides is 2. The highest BCUT2D eigenvalue weighted by Crippen LogP contribution is 2.21. The molecule has 0 aliphatic carbocycles. The second-order valence-electron chi connectivity index (χ2n) is 5.33. The van der Waals surface area contributed by atoms with E-state index in [2.05, 4.69) is 15.7 Å². The second kappa shape index (κ2) is 8.09. The Labute approximate surface area is 138 Å². The molecular weight excluding hydrogens is 315 g/mol. The van der Waals surface area contributed by atoms with Crippen LogP contribution in [0.1, 0.15) is 30.0 Å². The third-order valence-corrected chi connectivity index (χ3v) is 3.39. The number of aryl methyl sites for hydroxylation is 1. The first-order valence-electron chi connectivity index (χ1n) is 7.46. The van der Waals surface area contributed by atoms with Crippen molar-refractivity contribution in [3.05, 3.63) is 53.6 Å². The van der Waals surface area contributed by atoms with Gasteiger partial charge in [-0.25, -0.2) is 9.18 Å². The Morgan fingerprint density at radius 3 is 2.58 bits per heavy atom. The SMILES string of the molecule is Cn1cc(C(NC(=O)NCCCC(=O)O)c2ccc(F)cc2)cn1. The number of nitrogens with one attached hydrogen (secondary N) is 2. The molecule has 0 aliphatic heterocycles. The smallest absolute Gasteiger partial charge is 0.315 e. The van der Waals surface area contributed by atoms with Crippen molar-refractivity contribution in [1.82, 2.24) is 20.4 Å². The lowest BCUT2D eigenvalue weighted by Gasteiger charge is -2.18. The highest BCUT2D eigenvalue weighted by Gasteiger charge is 2.18. The molecule has 0 saturated heterocycles. The Balaban J connectivity index is 2.05. The summed E-state index contributed by atoms with van der Waals surface area (Å²) in [6, 6.07) is 4.92. The van der Waals surface area contributed by atoms with Crippen LogP contribution in [0.2, 0.25) is 0 Å². The van der Waals surface area contributed by atoms with Crippen LogP contribution >= 0.6 is 0 Å². The predicted molar refractivity (Wildman–Crippen MR) is 84.9 cm³/mol. The monoisotopic (exact) mass is 334 g/mol. The topological polar surface area (TPSA) is 96.2 Å². The van der Waals surface area contributed by atoms with Crippen LogP contribution in [0, 0.1) is 5.82 Å². The van der Waals surface area contributed by atoms with E-state index in [4.69, 9.17) is 5.11 Å². The third kappa shape index (κ3) is 5.08. The Kier molecular flexibility index (Phi) is 5.89. The summed E-state index contributed by atoms with van der Waals surface area (Å²) in [6.45, 7) is 0.251. The van der Waals surface area contributed by atoms with Gasteiger partial charge in [0, 0.05) is 31.8 Å². The number of rotatable bonds is 7. The van der Waals surface area contributed by atoms with E-state index in [0.29, 0.717) is 12.0 Å². The van der Waals surface area contributed by atoms with Gasteiger partial charge in [0.1, 0.15) is 5.82 Å². The standard InChI is InChI=1S/C16H19FN4O3/c1-21-10-12(9-19-21)15(11-4-6-13(17)7-5-11)20-16(24)18-8-2-3-14(22)23/h4-7,9-10,15H,2-3,8H2,1H3,(H,22,23)(H2,18,20,24). The van der Waals surface area contributed by atoms with Gasteiger partial charge < -0.3 is 15.7 Å². The maximum absolute atomic E-state index is 13.1. The molecule has 1 aromatic carbocycles. The average molecular weight is 334 g/mol. The number of carbonyl (C=O) groups excluding carboxylic acids is 1. The molecule has 0 aliphatic rings. The highest BCUT2D eigenvalue weighted by atomic mass is 19.1. The molecule has 7 nitrogen and oxygen atoms in total. The molecule has 2 amide bonds. The number of benzene rings is 1. The molecule has 1 heterocycles. The Morgan fingerprint density at radius 1 is 1.29 bits per heavy atom. The van der Waals surface area contributed by atoms with Crippen molar-refractivity contribution in [2.24, 2.45) is 7.05 Å². The number of nitrogens with zero attached hydrogens (tertiary/aromatic N) is 2. The molecule has 0 radical (unpaired) electrons. The molecule has 0 spiro atoms. The van der Waals surface area contributed by atoms with Crippen LogP contribution in [0.5, 0.6) is 0 Å². The largest absolute Gasteiger partial charge is 0.481 e. The van der Waals surface area contributed by atoms with E-state index in [9.17, 15) is 14.0 Å². The summed E-state index contributed by atoms with van der Waals surface area (Å²) in [5.74, 6) is -1.27. The Morgan fingerprint density at radius 2 is 2.00 bits per heavy atom. The molecule has 1 unspecified atom stereocenters. The van der Waals surface area contributed by atoms with Gasteiger partial charge in [-0.1, -0.05) is 12.1 Å². The van der Waals surface area contributed by atoms with E-state index in [-0.39, 0.29) is 18.8 Å². The van der Waals surface area contributed by atoms with Gasteiger partial charge in [-0.3, -0.25) is 9.48 Å². The fourth-order valence-corrected chi connectivity index (χ4v) is 2.23. The lowest BCUT2D eigenvalue weighted by Crippen LogP contribution is -2.38. The maximum Gasteiger partial charge on any atom is 0.315 e. The first-order valence-corrected chi connectivity index (χ1v) is 7.46. The van der Waals surface area contributed by atoms with E-state index >= 15 is 0 Å². The van der Waals surface area contributed by atoms with Gasteiger partial charge >= 0.3 is 12.0 Å². The molecule has 0 saturated carbocycles. The van der Waals surface area contributed by atoms with Crippen molar-refractivity contribution in [1.29, 1.82) is 0 Å². The molecule has 2 aromatic rings. The summed E-state index contributed by atoms with van der Waals surface area (Å²) in [5.41, 5.74) is 1.47. The van der Waals surface area contributed by atoms with Gasteiger partial charge in [0.25, 0.3) is 0 Å². The van der Waals surface area contributed by atoms with Crippen molar-refractivity contribution in [2.45, 2.75) is 18.9 Å². The summed E-state index contributed by atoms with van der Waals surface area (Å²) < 4.78 is 14.7. The van der Waals surface area contributed by atoms with Crippen molar-refractivity contribution >= 4 is 12.0 Å². The molecule has 128 valence electrons. The van der Waals surface area contributed by atoms with Crippen LogP contribution in [0.3, 0.4) is 0 Å². The van der Waals surface area contributed by atoms with Crippen LogP contribution in [-0.2, 0) is 11.8 Å². The quantitative estimate of drug-likeness (QED) is 0.673. The number of aromatic nitrogens is 2. The molecule has 8 heteroatoms. The number of carboxylic acid groups (broad SMARTS) is 1. The van der Waals surface area contributed by atoms with Crippen LogP contribution in [0.25, 0.3) is 0 Å².